The molecular weight excluding hydrogens is 867 g/mol. The van der Waals surface area contributed by atoms with E-state index in [2.05, 4.69) is 257 Å². The molecule has 0 bridgehead atoms. The van der Waals surface area contributed by atoms with Crippen LogP contribution < -0.4 is 0 Å². The molecule has 0 amide bonds. The standard InChI is InChI=1S/C71H51N/c1-5-71(4)65-22-11-7-17-54(65)56-36-30-47(41-67(56)71)45-28-34-52-61(38-45)60-37-44(46-29-35-55-53-16-6-10-21-64(53)70(2,3)66(55)40-46)27-33-51(60)62-39-48-15-14-20-50(59(48)42-63(52)62)43-25-31-49(32-26-43)72-68-23-12-8-18-57(68)58-19-9-13-24-69(58)72/h6-42H,5H2,1-4H3. The summed E-state index contributed by atoms with van der Waals surface area (Å²) >= 11 is 0. The van der Waals surface area contributed by atoms with Crippen molar-refractivity contribution in [3.05, 3.63) is 247 Å². The highest BCUT2D eigenvalue weighted by molar-refractivity contribution is 6.28. The summed E-state index contributed by atoms with van der Waals surface area (Å²) < 4.78 is 2.40. The Hall–Kier alpha value is -8.52. The van der Waals surface area contributed by atoms with Gasteiger partial charge in [-0.15, -0.1) is 0 Å². The highest BCUT2D eigenvalue weighted by atomic mass is 15.0. The predicted octanol–water partition coefficient (Wildman–Crippen LogP) is 19.4. The number of fused-ring (bicyclic) bond motifs is 16. The van der Waals surface area contributed by atoms with Crippen LogP contribution in [-0.4, -0.2) is 4.57 Å². The number of nitrogens with zero attached hydrogens (tertiary/aromatic N) is 1. The van der Waals surface area contributed by atoms with E-state index in [9.17, 15) is 0 Å². The average molecular weight is 918 g/mol. The highest BCUT2D eigenvalue weighted by Crippen LogP contribution is 2.53. The molecule has 13 aromatic rings. The van der Waals surface area contributed by atoms with Crippen LogP contribution in [0.4, 0.5) is 0 Å². The van der Waals surface area contributed by atoms with Crippen LogP contribution in [0.3, 0.4) is 0 Å². The quantitative estimate of drug-likeness (QED) is 0.120. The van der Waals surface area contributed by atoms with Gasteiger partial charge in [-0.1, -0.05) is 191 Å². The maximum atomic E-state index is 2.49. The number of hydrogen-bond acceptors (Lipinski definition) is 0. The van der Waals surface area contributed by atoms with Gasteiger partial charge in [0.2, 0.25) is 0 Å². The summed E-state index contributed by atoms with van der Waals surface area (Å²) in [5, 5.41) is 12.7. The third-order valence-corrected chi connectivity index (χ3v) is 17.3. The third kappa shape index (κ3) is 5.71. The Morgan fingerprint density at radius 2 is 0.778 bits per heavy atom. The smallest absolute Gasteiger partial charge is 0.0541 e. The van der Waals surface area contributed by atoms with E-state index in [-0.39, 0.29) is 10.8 Å². The van der Waals surface area contributed by atoms with Crippen LogP contribution >= 0.6 is 0 Å². The zero-order valence-electron chi connectivity index (χ0n) is 41.0. The number of aromatic nitrogens is 1. The molecule has 1 heterocycles. The van der Waals surface area contributed by atoms with Crippen molar-refractivity contribution in [2.45, 2.75) is 44.9 Å². The van der Waals surface area contributed by atoms with Gasteiger partial charge in [0.15, 0.2) is 0 Å². The summed E-state index contributed by atoms with van der Waals surface area (Å²) in [7, 11) is 0. The van der Waals surface area contributed by atoms with Gasteiger partial charge < -0.3 is 4.57 Å². The molecule has 0 saturated heterocycles. The van der Waals surface area contributed by atoms with Crippen molar-refractivity contribution in [3.8, 4) is 61.3 Å². The minimum absolute atomic E-state index is 0.0352. The van der Waals surface area contributed by atoms with Crippen LogP contribution in [0, 0.1) is 0 Å². The molecule has 1 unspecified atom stereocenters. The lowest BCUT2D eigenvalue weighted by Gasteiger charge is -2.26. The van der Waals surface area contributed by atoms with Crippen molar-refractivity contribution < 1.29 is 0 Å². The fraction of sp³-hybridized carbons (Fsp3) is 0.0986. The van der Waals surface area contributed by atoms with Crippen molar-refractivity contribution in [3.63, 3.8) is 0 Å². The lowest BCUT2D eigenvalue weighted by atomic mass is 9.77. The van der Waals surface area contributed by atoms with Crippen molar-refractivity contribution >= 4 is 64.9 Å². The molecule has 15 rings (SSSR count). The van der Waals surface area contributed by atoms with Crippen LogP contribution in [0.2, 0.25) is 0 Å². The van der Waals surface area contributed by atoms with E-state index in [0.717, 1.165) is 12.1 Å². The van der Waals surface area contributed by atoms with Gasteiger partial charge in [0, 0.05) is 27.3 Å². The summed E-state index contributed by atoms with van der Waals surface area (Å²) in [4.78, 5) is 0. The molecule has 0 radical (unpaired) electrons. The minimum Gasteiger partial charge on any atom is -0.309 e. The Balaban J connectivity index is 0.920. The van der Waals surface area contributed by atoms with Crippen molar-refractivity contribution in [2.75, 3.05) is 0 Å². The molecule has 0 fully saturated rings. The molecule has 0 spiro atoms. The summed E-state index contributed by atoms with van der Waals surface area (Å²) in [5.41, 5.74) is 22.1. The van der Waals surface area contributed by atoms with Crippen LogP contribution in [0.1, 0.15) is 56.4 Å². The molecule has 1 nitrogen and oxygen atoms in total. The molecule has 12 aromatic carbocycles. The van der Waals surface area contributed by atoms with Gasteiger partial charge >= 0.3 is 0 Å². The SMILES string of the molecule is CCC1(C)c2ccccc2-c2ccc(-c3ccc4c(c3)c3cc(-c5ccc6c(c5)C(C)(C)c5ccccc5-6)ccc3c3cc5cccc(-c6ccc(-n7c8ccccc8c8ccccc87)cc6)c5cc43)cc21. The molecule has 0 N–H and O–H groups in total. The topological polar surface area (TPSA) is 4.93 Å². The first-order valence-corrected chi connectivity index (χ1v) is 25.7. The lowest BCUT2D eigenvalue weighted by molar-refractivity contribution is 0.565. The fourth-order valence-electron chi connectivity index (χ4n) is 13.4. The Labute approximate surface area is 420 Å². The fourth-order valence-corrected chi connectivity index (χ4v) is 13.4. The van der Waals surface area contributed by atoms with Gasteiger partial charge in [0.25, 0.3) is 0 Å². The second-order valence-corrected chi connectivity index (χ2v) is 21.3. The molecule has 1 atom stereocenters. The molecule has 1 heteroatoms. The van der Waals surface area contributed by atoms with Crippen LogP contribution in [0.5, 0.6) is 0 Å². The van der Waals surface area contributed by atoms with E-state index in [1.165, 1.54) is 143 Å². The molecule has 72 heavy (non-hydrogen) atoms. The van der Waals surface area contributed by atoms with Crippen molar-refractivity contribution in [1.29, 1.82) is 0 Å². The molecular formula is C71H51N. The van der Waals surface area contributed by atoms with Crippen LogP contribution in [0.15, 0.2) is 224 Å². The van der Waals surface area contributed by atoms with E-state index in [1.807, 2.05) is 0 Å². The van der Waals surface area contributed by atoms with Gasteiger partial charge in [-0.2, -0.15) is 0 Å². The number of hydrogen-bond donors (Lipinski definition) is 0. The first-order chi connectivity index (χ1) is 35.3. The summed E-state index contributed by atoms with van der Waals surface area (Å²) in [6.07, 6.45) is 1.05. The monoisotopic (exact) mass is 917 g/mol. The lowest BCUT2D eigenvalue weighted by Crippen LogP contribution is -2.19. The summed E-state index contributed by atoms with van der Waals surface area (Å²) in [6.45, 7) is 9.52. The normalized spacial score (nSPS) is 15.4. The van der Waals surface area contributed by atoms with E-state index in [0.29, 0.717) is 0 Å². The molecule has 0 saturated carbocycles. The Morgan fingerprint density at radius 3 is 1.43 bits per heavy atom. The molecule has 0 aliphatic heterocycles. The zero-order valence-corrected chi connectivity index (χ0v) is 41.0. The van der Waals surface area contributed by atoms with Crippen molar-refractivity contribution in [2.24, 2.45) is 0 Å². The maximum absolute atomic E-state index is 2.49. The van der Waals surface area contributed by atoms with Gasteiger partial charge in [-0.3, -0.25) is 0 Å². The molecule has 2 aliphatic carbocycles. The van der Waals surface area contributed by atoms with E-state index in [4.69, 9.17) is 0 Å². The van der Waals surface area contributed by atoms with E-state index < -0.39 is 0 Å². The van der Waals surface area contributed by atoms with E-state index in [1.54, 1.807) is 0 Å². The number of benzene rings is 12. The average Bonchev–Trinajstić information content (AvgIpc) is 3.99. The minimum atomic E-state index is -0.0734. The first-order valence-electron chi connectivity index (χ1n) is 25.7. The Kier molecular flexibility index (Phi) is 8.60. The van der Waals surface area contributed by atoms with Gasteiger partial charge in [-0.05, 0) is 188 Å². The Morgan fingerprint density at radius 1 is 0.306 bits per heavy atom. The van der Waals surface area contributed by atoms with Crippen molar-refractivity contribution in [1.82, 2.24) is 4.57 Å². The summed E-state index contributed by atoms with van der Waals surface area (Å²) in [5.74, 6) is 0. The van der Waals surface area contributed by atoms with Gasteiger partial charge in [0.05, 0.1) is 11.0 Å². The van der Waals surface area contributed by atoms with Gasteiger partial charge in [0.1, 0.15) is 0 Å². The molecule has 340 valence electrons. The summed E-state index contributed by atoms with van der Waals surface area (Å²) in [6, 6.07) is 85.3. The van der Waals surface area contributed by atoms with E-state index >= 15 is 0 Å². The largest absolute Gasteiger partial charge is 0.309 e. The molecule has 2 aliphatic rings. The number of rotatable bonds is 5. The van der Waals surface area contributed by atoms with Crippen LogP contribution in [-0.2, 0) is 10.8 Å². The Bertz CT molecular complexity index is 4410. The maximum Gasteiger partial charge on any atom is 0.0541 e. The molecule has 1 aromatic heterocycles. The van der Waals surface area contributed by atoms with Gasteiger partial charge in [-0.25, -0.2) is 0 Å². The first kappa shape index (κ1) is 41.3. The predicted molar refractivity (Wildman–Crippen MR) is 307 cm³/mol. The van der Waals surface area contributed by atoms with Crippen LogP contribution in [0.25, 0.3) is 126 Å². The highest BCUT2D eigenvalue weighted by Gasteiger charge is 2.38. The third-order valence-electron chi connectivity index (χ3n) is 17.3. The number of para-hydroxylation sites is 2. The zero-order chi connectivity index (χ0) is 48.0. The second-order valence-electron chi connectivity index (χ2n) is 21.3. The second kappa shape index (κ2) is 15.0.